The van der Waals surface area contributed by atoms with Gasteiger partial charge in [-0.25, -0.2) is 4.57 Å². The van der Waals surface area contributed by atoms with Gasteiger partial charge in [0.05, 0.1) is 0 Å². The summed E-state index contributed by atoms with van der Waals surface area (Å²) in [5.74, 6) is 3.98. The van der Waals surface area contributed by atoms with Gasteiger partial charge in [0.2, 0.25) is 0 Å². The molecule has 0 amide bonds. The number of hydrogen-bond acceptors (Lipinski definition) is 7. The van der Waals surface area contributed by atoms with E-state index in [1.807, 2.05) is 23.5 Å². The molecule has 0 N–H and O–H groups in total. The Labute approximate surface area is 135 Å². The van der Waals surface area contributed by atoms with Crippen molar-refractivity contribution in [2.45, 2.75) is 19.4 Å². The molecule has 1 aliphatic heterocycles. The van der Waals surface area contributed by atoms with Gasteiger partial charge < -0.3 is 0 Å². The van der Waals surface area contributed by atoms with Crippen molar-refractivity contribution in [2.24, 2.45) is 5.92 Å². The summed E-state index contributed by atoms with van der Waals surface area (Å²) in [4.78, 5) is 12.2. The molecule has 1 rings (SSSR count). The molecule has 0 aromatic heterocycles. The first-order valence-electron chi connectivity index (χ1n) is 6.65. The third-order valence-corrected chi connectivity index (χ3v) is 7.10. The first-order valence-corrected chi connectivity index (χ1v) is 10.4. The van der Waals surface area contributed by atoms with E-state index < -0.39 is 13.9 Å². The van der Waals surface area contributed by atoms with Gasteiger partial charge in [0, 0.05) is 32.1 Å². The van der Waals surface area contributed by atoms with E-state index >= 15 is 0 Å². The molecule has 0 bridgehead atoms. The lowest BCUT2D eigenvalue weighted by Crippen LogP contribution is -2.25. The molecule has 1 heterocycles. The average Bonchev–Trinajstić information content (AvgIpc) is 2.44. The Kier molecular flexibility index (Phi) is 8.61. The highest BCUT2D eigenvalue weighted by molar-refractivity contribution is 8.01. The number of ketones is 1. The number of Topliss-reactive ketones (excluding diaryl/α,β-unsaturated/α-hetero) is 1. The second-order valence-corrected chi connectivity index (χ2v) is 8.77. The Morgan fingerprint density at radius 1 is 1.33 bits per heavy atom. The van der Waals surface area contributed by atoms with E-state index in [0.29, 0.717) is 12.3 Å². The molecule has 1 atom stereocenters. The Bertz CT molecular complexity index is 395. The first kappa shape index (κ1) is 19.3. The number of thioether (sulfide) groups is 2. The van der Waals surface area contributed by atoms with Gasteiger partial charge in [-0.15, -0.1) is 0 Å². The molecule has 0 radical (unpaired) electrons. The van der Waals surface area contributed by atoms with E-state index in [-0.39, 0.29) is 5.78 Å². The second-order valence-electron chi connectivity index (χ2n) is 4.88. The average molecular weight is 354 g/mol. The molecule has 1 saturated heterocycles. The molecule has 0 saturated carbocycles. The third kappa shape index (κ3) is 6.89. The Balaban J connectivity index is 2.47. The van der Waals surface area contributed by atoms with Gasteiger partial charge in [0.15, 0.2) is 5.78 Å². The molecule has 0 aromatic rings. The van der Waals surface area contributed by atoms with E-state index in [4.69, 9.17) is 4.52 Å². The van der Waals surface area contributed by atoms with Crippen LogP contribution in [0.15, 0.2) is 12.2 Å². The smallest absolute Gasteiger partial charge is 0.297 e. The maximum Gasteiger partial charge on any atom is 0.474 e. The highest BCUT2D eigenvalue weighted by Crippen LogP contribution is 2.48. The molecule has 0 aliphatic carbocycles. The van der Waals surface area contributed by atoms with Gasteiger partial charge >= 0.3 is 7.82 Å². The van der Waals surface area contributed by atoms with Crippen LogP contribution in [0.1, 0.15) is 13.3 Å². The molecule has 1 fully saturated rings. The number of carbonyl (C=O) groups excluding carboxylic acids is 1. The molecule has 122 valence electrons. The predicted octanol–water partition coefficient (Wildman–Crippen LogP) is 3.40. The lowest BCUT2D eigenvalue weighted by atomic mass is 10.0. The third-order valence-electron chi connectivity index (χ3n) is 3.00. The number of rotatable bonds is 7. The largest absolute Gasteiger partial charge is 0.474 e. The minimum atomic E-state index is -3.61. The van der Waals surface area contributed by atoms with Crippen molar-refractivity contribution in [3.8, 4) is 0 Å². The number of phosphoric acid groups is 1. The van der Waals surface area contributed by atoms with Crippen LogP contribution in [0.4, 0.5) is 0 Å². The van der Waals surface area contributed by atoms with Gasteiger partial charge in [-0.3, -0.25) is 18.4 Å². The summed E-state index contributed by atoms with van der Waals surface area (Å²) in [7, 11) is -1.15. The van der Waals surface area contributed by atoms with Crippen LogP contribution in [0.5, 0.6) is 0 Å². The zero-order valence-corrected chi connectivity index (χ0v) is 15.2. The normalized spacial score (nSPS) is 19.9. The molecular formula is C13H23O5PS2. The summed E-state index contributed by atoms with van der Waals surface area (Å²) >= 11 is 3.62. The van der Waals surface area contributed by atoms with Crippen LogP contribution in [0.25, 0.3) is 0 Å². The number of carbonyl (C=O) groups is 1. The fraction of sp³-hybridized carbons (Fsp3) is 0.769. The highest BCUT2D eigenvalue weighted by atomic mass is 32.2. The highest BCUT2D eigenvalue weighted by Gasteiger charge is 2.30. The molecule has 8 heteroatoms. The van der Waals surface area contributed by atoms with Gasteiger partial charge in [0.1, 0.15) is 6.10 Å². The molecular weight excluding hydrogens is 331 g/mol. The predicted molar refractivity (Wildman–Crippen MR) is 89.1 cm³/mol. The Morgan fingerprint density at radius 3 is 2.33 bits per heavy atom. The summed E-state index contributed by atoms with van der Waals surface area (Å²) in [5.41, 5.74) is 1.24. The lowest BCUT2D eigenvalue weighted by molar-refractivity contribution is -0.126. The second kappa shape index (κ2) is 9.38. The summed E-state index contributed by atoms with van der Waals surface area (Å²) < 4.78 is 26.4. The van der Waals surface area contributed by atoms with Gasteiger partial charge in [0.25, 0.3) is 0 Å². The minimum Gasteiger partial charge on any atom is -0.297 e. The Morgan fingerprint density at radius 2 is 1.86 bits per heavy atom. The van der Waals surface area contributed by atoms with Crippen LogP contribution in [-0.4, -0.2) is 49.1 Å². The maximum absolute atomic E-state index is 12.2. The van der Waals surface area contributed by atoms with E-state index in [1.54, 1.807) is 6.92 Å². The van der Waals surface area contributed by atoms with Crippen molar-refractivity contribution in [2.75, 3.05) is 37.2 Å². The van der Waals surface area contributed by atoms with Gasteiger partial charge in [-0.2, -0.15) is 23.5 Å². The van der Waals surface area contributed by atoms with Crippen molar-refractivity contribution in [3.05, 3.63) is 12.2 Å². The van der Waals surface area contributed by atoms with Crippen LogP contribution in [0.3, 0.4) is 0 Å². The topological polar surface area (TPSA) is 61.8 Å². The molecule has 1 aliphatic rings. The SMILES string of the molecule is C=C1CSCC(CC(=O)C(C)OP(=O)(OC)OC)CSC1. The monoisotopic (exact) mass is 354 g/mol. The maximum atomic E-state index is 12.2. The summed E-state index contributed by atoms with van der Waals surface area (Å²) in [6, 6.07) is 0. The quantitative estimate of drug-likeness (QED) is 0.513. The summed E-state index contributed by atoms with van der Waals surface area (Å²) in [5, 5.41) is 0. The summed E-state index contributed by atoms with van der Waals surface area (Å²) in [6.45, 7) is 5.58. The molecule has 0 spiro atoms. The fourth-order valence-electron chi connectivity index (χ4n) is 1.81. The molecule has 5 nitrogen and oxygen atoms in total. The van der Waals surface area contributed by atoms with Crippen molar-refractivity contribution in [1.82, 2.24) is 0 Å². The number of hydrogen-bond donors (Lipinski definition) is 0. The standard InChI is InChI=1S/C13H23O5PS2/c1-10-6-20-8-12(9-21-7-10)5-13(14)11(2)18-19(15,16-3)17-4/h11-12H,1,5-9H2,2-4H3. The lowest BCUT2D eigenvalue weighted by Gasteiger charge is -2.22. The zero-order valence-electron chi connectivity index (χ0n) is 12.7. The van der Waals surface area contributed by atoms with Crippen LogP contribution in [0, 0.1) is 5.92 Å². The van der Waals surface area contributed by atoms with E-state index in [0.717, 1.165) is 23.0 Å². The molecule has 21 heavy (non-hydrogen) atoms. The van der Waals surface area contributed by atoms with Crippen molar-refractivity contribution in [3.63, 3.8) is 0 Å². The van der Waals surface area contributed by atoms with E-state index in [2.05, 4.69) is 15.6 Å². The minimum absolute atomic E-state index is 0.0741. The summed E-state index contributed by atoms with van der Waals surface area (Å²) in [6.07, 6.45) is -0.382. The van der Waals surface area contributed by atoms with Crippen molar-refractivity contribution in [1.29, 1.82) is 0 Å². The van der Waals surface area contributed by atoms with Crippen LogP contribution >= 0.6 is 31.3 Å². The van der Waals surface area contributed by atoms with Crippen LogP contribution < -0.4 is 0 Å². The molecule has 1 unspecified atom stereocenters. The van der Waals surface area contributed by atoms with Crippen molar-refractivity contribution >= 4 is 37.1 Å². The molecule has 0 aromatic carbocycles. The Hall–Kier alpha value is 0.220. The first-order chi connectivity index (χ1) is 9.90. The van der Waals surface area contributed by atoms with E-state index in [9.17, 15) is 9.36 Å². The van der Waals surface area contributed by atoms with Crippen LogP contribution in [-0.2, 0) is 22.9 Å². The van der Waals surface area contributed by atoms with E-state index in [1.165, 1.54) is 19.8 Å². The van der Waals surface area contributed by atoms with Gasteiger partial charge in [-0.05, 0) is 24.3 Å². The van der Waals surface area contributed by atoms with Gasteiger partial charge in [-0.1, -0.05) is 12.2 Å². The van der Waals surface area contributed by atoms with Crippen molar-refractivity contribution < 1.29 is 22.9 Å². The number of phosphoric ester groups is 1. The van der Waals surface area contributed by atoms with Crippen LogP contribution in [0.2, 0.25) is 0 Å². The fourth-order valence-corrected chi connectivity index (χ4v) is 5.07. The zero-order chi connectivity index (χ0) is 15.9.